The van der Waals surface area contributed by atoms with Gasteiger partial charge in [-0.15, -0.1) is 15.3 Å². The number of tetrazole rings is 1. The molecule has 0 saturated carbocycles. The highest BCUT2D eigenvalue weighted by Crippen LogP contribution is 2.30. The van der Waals surface area contributed by atoms with Crippen LogP contribution in [0.1, 0.15) is 24.7 Å². The number of benzene rings is 1. The van der Waals surface area contributed by atoms with E-state index in [1.54, 1.807) is 24.2 Å². The average Bonchev–Trinajstić information content (AvgIpc) is 3.34. The van der Waals surface area contributed by atoms with Crippen LogP contribution in [-0.4, -0.2) is 40.0 Å². The maximum Gasteiger partial charge on any atom is 0.196 e. The molecule has 0 radical (unpaired) electrons. The van der Waals surface area contributed by atoms with Gasteiger partial charge in [-0.2, -0.15) is 0 Å². The van der Waals surface area contributed by atoms with Gasteiger partial charge < -0.3 is 0 Å². The zero-order valence-electron chi connectivity index (χ0n) is 15.7. The van der Waals surface area contributed by atoms with Gasteiger partial charge >= 0.3 is 0 Å². The third-order valence-corrected chi connectivity index (χ3v) is 5.21. The Labute approximate surface area is 167 Å². The standard InChI is InChI=1S/C19H20N8S/c1-3-11-26-17(21-24-25-26)13-28-19-23-22-18(15-8-6-10-20-12-15)27(19)16-9-5-4-7-14(16)2/h4-10,12H,3,11,13H2,1-2H3. The second-order valence-electron chi connectivity index (χ2n) is 6.28. The first-order valence-electron chi connectivity index (χ1n) is 9.07. The van der Waals surface area contributed by atoms with Crippen LogP contribution in [0, 0.1) is 6.92 Å². The van der Waals surface area contributed by atoms with E-state index < -0.39 is 0 Å². The van der Waals surface area contributed by atoms with Crippen LogP contribution in [-0.2, 0) is 12.3 Å². The summed E-state index contributed by atoms with van der Waals surface area (Å²) in [6, 6.07) is 12.1. The topological polar surface area (TPSA) is 87.2 Å². The molecule has 28 heavy (non-hydrogen) atoms. The zero-order chi connectivity index (χ0) is 19.3. The summed E-state index contributed by atoms with van der Waals surface area (Å²) in [5, 5.41) is 21.7. The number of nitrogens with zero attached hydrogens (tertiary/aromatic N) is 8. The number of hydrogen-bond acceptors (Lipinski definition) is 7. The average molecular weight is 392 g/mol. The second kappa shape index (κ2) is 8.30. The second-order valence-corrected chi connectivity index (χ2v) is 7.22. The predicted molar refractivity (Wildman–Crippen MR) is 107 cm³/mol. The molecular weight excluding hydrogens is 372 g/mol. The Morgan fingerprint density at radius 3 is 2.71 bits per heavy atom. The maximum atomic E-state index is 4.46. The third-order valence-electron chi connectivity index (χ3n) is 4.28. The summed E-state index contributed by atoms with van der Waals surface area (Å²) >= 11 is 1.57. The molecule has 142 valence electrons. The highest BCUT2D eigenvalue weighted by Gasteiger charge is 2.18. The van der Waals surface area contributed by atoms with E-state index in [0.29, 0.717) is 5.75 Å². The zero-order valence-corrected chi connectivity index (χ0v) is 16.5. The van der Waals surface area contributed by atoms with Gasteiger partial charge in [0.25, 0.3) is 0 Å². The minimum absolute atomic E-state index is 0.615. The SMILES string of the molecule is CCCn1nnnc1CSc1nnc(-c2cccnc2)n1-c1ccccc1C. The lowest BCUT2D eigenvalue weighted by Gasteiger charge is -2.12. The van der Waals surface area contributed by atoms with E-state index in [4.69, 9.17) is 0 Å². The van der Waals surface area contributed by atoms with Gasteiger partial charge in [-0.05, 0) is 47.5 Å². The Balaban J connectivity index is 1.72. The molecule has 8 nitrogen and oxygen atoms in total. The molecule has 0 atom stereocenters. The molecule has 9 heteroatoms. The molecule has 0 aliphatic rings. The molecule has 0 amide bonds. The molecular formula is C19H20N8S. The highest BCUT2D eigenvalue weighted by molar-refractivity contribution is 7.98. The van der Waals surface area contributed by atoms with Gasteiger partial charge in [-0.25, -0.2) is 4.68 Å². The lowest BCUT2D eigenvalue weighted by molar-refractivity contribution is 0.564. The number of rotatable bonds is 7. The number of aromatic nitrogens is 8. The molecule has 0 saturated heterocycles. The van der Waals surface area contributed by atoms with E-state index in [1.807, 2.05) is 28.9 Å². The van der Waals surface area contributed by atoms with Crippen molar-refractivity contribution in [3.63, 3.8) is 0 Å². The van der Waals surface area contributed by atoms with Crippen molar-refractivity contribution in [2.75, 3.05) is 0 Å². The van der Waals surface area contributed by atoms with Crippen molar-refractivity contribution in [2.24, 2.45) is 0 Å². The number of para-hydroxylation sites is 1. The lowest BCUT2D eigenvalue weighted by atomic mass is 10.2. The smallest absolute Gasteiger partial charge is 0.196 e. The maximum absolute atomic E-state index is 4.46. The fraction of sp³-hybridized carbons (Fsp3) is 0.263. The molecule has 4 aromatic rings. The molecule has 3 aromatic heterocycles. The summed E-state index contributed by atoms with van der Waals surface area (Å²) in [6.45, 7) is 4.99. The number of pyridine rings is 1. The van der Waals surface area contributed by atoms with Gasteiger partial charge in [0.05, 0.1) is 11.4 Å². The Bertz CT molecular complexity index is 1060. The summed E-state index contributed by atoms with van der Waals surface area (Å²) in [5.41, 5.74) is 3.10. The van der Waals surface area contributed by atoms with Crippen LogP contribution < -0.4 is 0 Å². The van der Waals surface area contributed by atoms with Crippen molar-refractivity contribution in [1.29, 1.82) is 0 Å². The Morgan fingerprint density at radius 1 is 1.04 bits per heavy atom. The quantitative estimate of drug-likeness (QED) is 0.446. The van der Waals surface area contributed by atoms with Crippen LogP contribution in [0.2, 0.25) is 0 Å². The fourth-order valence-corrected chi connectivity index (χ4v) is 3.80. The number of aryl methyl sites for hydroxylation is 2. The molecule has 0 bridgehead atoms. The summed E-state index contributed by atoms with van der Waals surface area (Å²) in [6.07, 6.45) is 4.53. The van der Waals surface area contributed by atoms with Crippen molar-refractivity contribution in [3.8, 4) is 17.1 Å². The van der Waals surface area contributed by atoms with E-state index in [0.717, 1.165) is 46.6 Å². The predicted octanol–water partition coefficient (Wildman–Crippen LogP) is 3.33. The van der Waals surface area contributed by atoms with Crippen molar-refractivity contribution in [1.82, 2.24) is 40.0 Å². The first-order valence-corrected chi connectivity index (χ1v) is 10.1. The van der Waals surface area contributed by atoms with E-state index in [9.17, 15) is 0 Å². The van der Waals surface area contributed by atoms with Gasteiger partial charge in [0.2, 0.25) is 0 Å². The van der Waals surface area contributed by atoms with Gasteiger partial charge in [-0.1, -0.05) is 36.9 Å². The first kappa shape index (κ1) is 18.3. The van der Waals surface area contributed by atoms with Gasteiger partial charge in [-0.3, -0.25) is 9.55 Å². The van der Waals surface area contributed by atoms with Crippen LogP contribution in [0.5, 0.6) is 0 Å². The monoisotopic (exact) mass is 392 g/mol. The Kier molecular flexibility index (Phi) is 5.43. The molecule has 0 aliphatic heterocycles. The van der Waals surface area contributed by atoms with Crippen molar-refractivity contribution in [2.45, 2.75) is 37.7 Å². The van der Waals surface area contributed by atoms with Gasteiger partial charge in [0, 0.05) is 24.5 Å². The third kappa shape index (κ3) is 3.65. The molecule has 1 aromatic carbocycles. The van der Waals surface area contributed by atoms with Crippen molar-refractivity contribution >= 4 is 11.8 Å². The van der Waals surface area contributed by atoms with Crippen LogP contribution >= 0.6 is 11.8 Å². The molecule has 0 aliphatic carbocycles. The highest BCUT2D eigenvalue weighted by atomic mass is 32.2. The molecule has 0 N–H and O–H groups in total. The summed E-state index contributed by atoms with van der Waals surface area (Å²) in [5.74, 6) is 2.21. The molecule has 0 spiro atoms. The minimum Gasteiger partial charge on any atom is -0.270 e. The van der Waals surface area contributed by atoms with E-state index in [2.05, 4.69) is 61.3 Å². The van der Waals surface area contributed by atoms with E-state index in [-0.39, 0.29) is 0 Å². The number of thioether (sulfide) groups is 1. The van der Waals surface area contributed by atoms with Crippen LogP contribution in [0.25, 0.3) is 17.1 Å². The Hall–Kier alpha value is -3.07. The van der Waals surface area contributed by atoms with E-state index >= 15 is 0 Å². The molecule has 3 heterocycles. The lowest BCUT2D eigenvalue weighted by Crippen LogP contribution is -2.05. The fourth-order valence-electron chi connectivity index (χ4n) is 2.92. The van der Waals surface area contributed by atoms with Crippen LogP contribution in [0.4, 0.5) is 0 Å². The van der Waals surface area contributed by atoms with E-state index in [1.165, 1.54) is 0 Å². The van der Waals surface area contributed by atoms with Gasteiger partial charge in [0.1, 0.15) is 0 Å². The minimum atomic E-state index is 0.615. The molecule has 0 unspecified atom stereocenters. The number of hydrogen-bond donors (Lipinski definition) is 0. The van der Waals surface area contributed by atoms with Crippen molar-refractivity contribution < 1.29 is 0 Å². The molecule has 4 rings (SSSR count). The van der Waals surface area contributed by atoms with Crippen LogP contribution in [0.3, 0.4) is 0 Å². The summed E-state index contributed by atoms with van der Waals surface area (Å²) < 4.78 is 3.91. The van der Waals surface area contributed by atoms with Gasteiger partial charge in [0.15, 0.2) is 16.8 Å². The summed E-state index contributed by atoms with van der Waals surface area (Å²) in [7, 11) is 0. The van der Waals surface area contributed by atoms with Crippen molar-refractivity contribution in [3.05, 3.63) is 60.2 Å². The Morgan fingerprint density at radius 2 is 1.93 bits per heavy atom. The van der Waals surface area contributed by atoms with Crippen LogP contribution in [0.15, 0.2) is 53.9 Å². The molecule has 0 fully saturated rings. The summed E-state index contributed by atoms with van der Waals surface area (Å²) in [4.78, 5) is 4.23. The largest absolute Gasteiger partial charge is 0.270 e. The first-order chi connectivity index (χ1) is 13.8. The normalized spacial score (nSPS) is 11.1.